The Morgan fingerprint density at radius 2 is 2.14 bits per heavy atom. The van der Waals surface area contributed by atoms with Crippen molar-refractivity contribution in [1.82, 2.24) is 19.7 Å². The summed E-state index contributed by atoms with van der Waals surface area (Å²) < 4.78 is 20.2. The van der Waals surface area contributed by atoms with Crippen LogP contribution in [0.2, 0.25) is 0 Å². The molecule has 0 amide bonds. The van der Waals surface area contributed by atoms with Crippen molar-refractivity contribution >= 4 is 49.1 Å². The first kappa shape index (κ1) is 19.9. The maximum absolute atomic E-state index is 12.7. The molecule has 0 aliphatic heterocycles. The van der Waals surface area contributed by atoms with Crippen LogP contribution in [0.1, 0.15) is 25.3 Å². The average Bonchev–Trinajstić information content (AvgIpc) is 3.23. The summed E-state index contributed by atoms with van der Waals surface area (Å²) in [5.41, 5.74) is 10.6. The smallest absolute Gasteiger partial charge is 0.181 e. The largest absolute Gasteiger partial charge is 0.396 e. The highest BCUT2D eigenvalue weighted by molar-refractivity contribution is 7.87. The van der Waals surface area contributed by atoms with Crippen molar-refractivity contribution in [2.24, 2.45) is 7.05 Å². The third-order valence-corrected chi connectivity index (χ3v) is 7.64. The molecular formula is C20H23N5O2S2. The van der Waals surface area contributed by atoms with Crippen molar-refractivity contribution in [3.8, 4) is 11.3 Å². The highest BCUT2D eigenvalue weighted by Gasteiger charge is 2.21. The first-order valence-electron chi connectivity index (χ1n) is 9.29. The zero-order valence-electron chi connectivity index (χ0n) is 16.8. The number of hydrogen-bond donors (Lipinski definition) is 1. The van der Waals surface area contributed by atoms with Crippen LogP contribution < -0.4 is 5.73 Å². The molecule has 152 valence electrons. The van der Waals surface area contributed by atoms with Gasteiger partial charge in [0.15, 0.2) is 5.65 Å². The van der Waals surface area contributed by atoms with Gasteiger partial charge in [-0.3, -0.25) is 8.89 Å². The van der Waals surface area contributed by atoms with E-state index in [2.05, 4.69) is 30.0 Å². The third kappa shape index (κ3) is 3.65. The maximum atomic E-state index is 12.7. The second-order valence-electron chi connectivity index (χ2n) is 7.22. The Labute approximate surface area is 175 Å². The standard InChI is InChI=1S/C20H23N5O2S2/c1-11(2)14-8-15(12-7-13-10-25(3)24-18(13)22-9-12)23-19-16(14)17(21)20(28-19)29(26)6-5-27-4/h7-11H,5-6,21H2,1-4H3/t29-/m1/s1. The van der Waals surface area contributed by atoms with E-state index in [0.29, 0.717) is 27.9 Å². The number of thiophene rings is 1. The molecule has 9 heteroatoms. The van der Waals surface area contributed by atoms with Gasteiger partial charge in [0.25, 0.3) is 0 Å². The van der Waals surface area contributed by atoms with Crippen LogP contribution in [0.4, 0.5) is 5.69 Å². The molecule has 2 N–H and O–H groups in total. The van der Waals surface area contributed by atoms with Crippen molar-refractivity contribution < 1.29 is 8.95 Å². The van der Waals surface area contributed by atoms with Crippen molar-refractivity contribution in [1.29, 1.82) is 0 Å². The van der Waals surface area contributed by atoms with Crippen molar-refractivity contribution in [3.05, 3.63) is 30.1 Å². The second-order valence-corrected chi connectivity index (χ2v) is 9.98. The van der Waals surface area contributed by atoms with E-state index < -0.39 is 10.8 Å². The van der Waals surface area contributed by atoms with Crippen LogP contribution in [0.5, 0.6) is 0 Å². The Hall–Kier alpha value is -2.36. The van der Waals surface area contributed by atoms with E-state index in [0.717, 1.165) is 32.4 Å². The Morgan fingerprint density at radius 3 is 2.86 bits per heavy atom. The number of ether oxygens (including phenoxy) is 1. The van der Waals surface area contributed by atoms with Crippen LogP contribution in [-0.4, -0.2) is 43.4 Å². The van der Waals surface area contributed by atoms with Gasteiger partial charge in [-0.25, -0.2) is 9.97 Å². The Balaban J connectivity index is 1.88. The van der Waals surface area contributed by atoms with Crippen molar-refractivity contribution in [3.63, 3.8) is 0 Å². The number of nitrogen functional groups attached to an aromatic ring is 1. The van der Waals surface area contributed by atoms with E-state index >= 15 is 0 Å². The van der Waals surface area contributed by atoms with Crippen LogP contribution in [0, 0.1) is 0 Å². The number of anilines is 1. The van der Waals surface area contributed by atoms with Gasteiger partial charge in [0, 0.05) is 42.9 Å². The summed E-state index contributed by atoms with van der Waals surface area (Å²) in [6, 6.07) is 4.11. The Bertz CT molecular complexity index is 1230. The summed E-state index contributed by atoms with van der Waals surface area (Å²) in [6.45, 7) is 4.67. The first-order chi connectivity index (χ1) is 13.9. The molecule has 7 nitrogen and oxygen atoms in total. The number of pyridine rings is 2. The fraction of sp³-hybridized carbons (Fsp3) is 0.350. The van der Waals surface area contributed by atoms with Crippen LogP contribution in [0.25, 0.3) is 32.5 Å². The molecule has 4 heterocycles. The number of hydrogen-bond acceptors (Lipinski definition) is 7. The molecule has 1 atom stereocenters. The molecular weight excluding hydrogens is 406 g/mol. The van der Waals surface area contributed by atoms with E-state index in [1.807, 2.05) is 19.3 Å². The van der Waals surface area contributed by atoms with Gasteiger partial charge < -0.3 is 10.5 Å². The summed E-state index contributed by atoms with van der Waals surface area (Å²) in [6.07, 6.45) is 3.73. The topological polar surface area (TPSA) is 95.9 Å². The summed E-state index contributed by atoms with van der Waals surface area (Å²) in [5.74, 6) is 0.658. The van der Waals surface area contributed by atoms with E-state index in [1.54, 1.807) is 18.0 Å². The van der Waals surface area contributed by atoms with Gasteiger partial charge in [0.1, 0.15) is 9.04 Å². The lowest BCUT2D eigenvalue weighted by molar-refractivity contribution is 0.218. The highest BCUT2D eigenvalue weighted by Crippen LogP contribution is 2.41. The molecule has 0 fully saturated rings. The monoisotopic (exact) mass is 429 g/mol. The minimum atomic E-state index is -1.21. The summed E-state index contributed by atoms with van der Waals surface area (Å²) in [4.78, 5) is 10.1. The van der Waals surface area contributed by atoms with E-state index in [1.165, 1.54) is 11.3 Å². The van der Waals surface area contributed by atoms with Crippen molar-refractivity contribution in [2.45, 2.75) is 24.0 Å². The minimum absolute atomic E-state index is 0.242. The van der Waals surface area contributed by atoms with Gasteiger partial charge in [-0.2, -0.15) is 5.10 Å². The molecule has 0 aliphatic rings. The molecule has 0 saturated heterocycles. The van der Waals surface area contributed by atoms with Crippen LogP contribution >= 0.6 is 11.3 Å². The maximum Gasteiger partial charge on any atom is 0.181 e. The number of fused-ring (bicyclic) bond motifs is 2. The molecule has 4 aromatic rings. The van der Waals surface area contributed by atoms with Gasteiger partial charge in [0.05, 0.1) is 34.5 Å². The molecule has 0 spiro atoms. The summed E-state index contributed by atoms with van der Waals surface area (Å²) in [5, 5.41) is 6.20. The third-order valence-electron chi connectivity index (χ3n) is 4.77. The number of aryl methyl sites for hydroxylation is 1. The lowest BCUT2D eigenvalue weighted by atomic mass is 9.98. The fourth-order valence-electron chi connectivity index (χ4n) is 3.33. The Kier molecular flexibility index (Phi) is 5.37. The van der Waals surface area contributed by atoms with Gasteiger partial charge >= 0.3 is 0 Å². The molecule has 29 heavy (non-hydrogen) atoms. The number of rotatable bonds is 6. The average molecular weight is 430 g/mol. The number of nitrogens with two attached hydrogens (primary N) is 1. The molecule has 0 aromatic carbocycles. The quantitative estimate of drug-likeness (QED) is 0.502. The number of nitrogens with zero attached hydrogens (tertiary/aromatic N) is 4. The predicted octanol–water partition coefficient (Wildman–Crippen LogP) is 3.70. The molecule has 0 saturated carbocycles. The van der Waals surface area contributed by atoms with Gasteiger partial charge in [-0.05, 0) is 23.6 Å². The van der Waals surface area contributed by atoms with Gasteiger partial charge in [-0.15, -0.1) is 11.3 Å². The molecule has 0 bridgehead atoms. The van der Waals surface area contributed by atoms with Crippen LogP contribution in [-0.2, 0) is 22.6 Å². The van der Waals surface area contributed by atoms with E-state index in [4.69, 9.17) is 15.5 Å². The second kappa shape index (κ2) is 7.81. The lowest BCUT2D eigenvalue weighted by Crippen LogP contribution is -2.05. The van der Waals surface area contributed by atoms with E-state index in [-0.39, 0.29) is 5.92 Å². The molecule has 4 aromatic heterocycles. The Morgan fingerprint density at radius 1 is 1.34 bits per heavy atom. The minimum Gasteiger partial charge on any atom is -0.396 e. The van der Waals surface area contributed by atoms with Crippen LogP contribution in [0.3, 0.4) is 0 Å². The highest BCUT2D eigenvalue weighted by atomic mass is 32.2. The summed E-state index contributed by atoms with van der Waals surface area (Å²) in [7, 11) is 2.27. The normalized spacial score (nSPS) is 13.0. The molecule has 4 rings (SSSR count). The van der Waals surface area contributed by atoms with Crippen LogP contribution in [0.15, 0.2) is 28.7 Å². The van der Waals surface area contributed by atoms with Gasteiger partial charge in [0.2, 0.25) is 0 Å². The number of aromatic nitrogens is 4. The SMILES string of the molecule is COCC[S@@](=O)c1sc2nc(-c3cnc4nn(C)cc4c3)cc(C(C)C)c2c1N. The van der Waals surface area contributed by atoms with Gasteiger partial charge in [-0.1, -0.05) is 13.8 Å². The molecule has 0 unspecified atom stereocenters. The first-order valence-corrected chi connectivity index (χ1v) is 11.4. The molecule has 0 aliphatic carbocycles. The molecule has 0 radical (unpaired) electrons. The van der Waals surface area contributed by atoms with Crippen molar-refractivity contribution in [2.75, 3.05) is 25.2 Å². The lowest BCUT2D eigenvalue weighted by Gasteiger charge is -2.11. The predicted molar refractivity (Wildman–Crippen MR) is 119 cm³/mol. The fourth-order valence-corrected chi connectivity index (χ4v) is 5.90. The summed E-state index contributed by atoms with van der Waals surface area (Å²) >= 11 is 1.40. The zero-order chi connectivity index (χ0) is 20.7. The zero-order valence-corrected chi connectivity index (χ0v) is 18.4. The van der Waals surface area contributed by atoms with E-state index in [9.17, 15) is 4.21 Å². The number of methoxy groups -OCH3 is 1.